The Kier molecular flexibility index (Phi) is 4.30. The van der Waals surface area contributed by atoms with Crippen molar-refractivity contribution in [2.24, 2.45) is 11.0 Å². The molecular formula is C4H8N4OS. The standard InChI is InChI=1S/C4H8N4OS/c5-4(10)8(7-6)2-1-3-9/h3,6H,1-2H2,(H2,5,10). The molecule has 0 saturated heterocycles. The van der Waals surface area contributed by atoms with E-state index in [4.69, 9.17) is 11.3 Å². The smallest absolute Gasteiger partial charge is 0.188 e. The van der Waals surface area contributed by atoms with Crippen LogP contribution in [-0.2, 0) is 4.79 Å². The Bertz CT molecular complexity index is 148. The molecule has 0 amide bonds. The van der Waals surface area contributed by atoms with Crippen molar-refractivity contribution < 1.29 is 4.79 Å². The van der Waals surface area contributed by atoms with Gasteiger partial charge in [0, 0.05) is 6.42 Å². The van der Waals surface area contributed by atoms with Gasteiger partial charge in [-0.1, -0.05) is 5.22 Å². The summed E-state index contributed by atoms with van der Waals surface area (Å²) in [5, 5.41) is 4.07. The van der Waals surface area contributed by atoms with Crippen molar-refractivity contribution in [3.05, 3.63) is 0 Å². The summed E-state index contributed by atoms with van der Waals surface area (Å²) in [4.78, 5) is 9.83. The summed E-state index contributed by atoms with van der Waals surface area (Å²) in [5.74, 6) is 0. The molecule has 0 aromatic carbocycles. The van der Waals surface area contributed by atoms with Gasteiger partial charge in [-0.05, 0) is 12.2 Å². The van der Waals surface area contributed by atoms with E-state index < -0.39 is 0 Å². The Labute approximate surface area is 63.7 Å². The quantitative estimate of drug-likeness (QED) is 0.264. The van der Waals surface area contributed by atoms with E-state index in [1.807, 2.05) is 0 Å². The Morgan fingerprint density at radius 3 is 2.80 bits per heavy atom. The van der Waals surface area contributed by atoms with Crippen LogP contribution in [0.15, 0.2) is 5.22 Å². The Morgan fingerprint density at radius 2 is 2.50 bits per heavy atom. The summed E-state index contributed by atoms with van der Waals surface area (Å²) < 4.78 is 0. The predicted octanol–water partition coefficient (Wildman–Crippen LogP) is 0.0670. The molecule has 0 aromatic heterocycles. The van der Waals surface area contributed by atoms with Gasteiger partial charge in [0.25, 0.3) is 0 Å². The van der Waals surface area contributed by atoms with Crippen molar-refractivity contribution in [1.29, 1.82) is 5.53 Å². The van der Waals surface area contributed by atoms with E-state index in [1.165, 1.54) is 0 Å². The van der Waals surface area contributed by atoms with E-state index in [2.05, 4.69) is 17.4 Å². The summed E-state index contributed by atoms with van der Waals surface area (Å²) in [6, 6.07) is 0. The molecule has 0 unspecified atom stereocenters. The lowest BCUT2D eigenvalue weighted by molar-refractivity contribution is -0.108. The van der Waals surface area contributed by atoms with Gasteiger partial charge in [0.2, 0.25) is 0 Å². The highest BCUT2D eigenvalue weighted by Crippen LogP contribution is 1.89. The number of rotatable bonds is 4. The van der Waals surface area contributed by atoms with E-state index in [9.17, 15) is 4.79 Å². The highest BCUT2D eigenvalue weighted by atomic mass is 32.1. The van der Waals surface area contributed by atoms with E-state index in [0.717, 1.165) is 11.3 Å². The van der Waals surface area contributed by atoms with Gasteiger partial charge in [-0.15, -0.1) is 0 Å². The summed E-state index contributed by atoms with van der Waals surface area (Å²) in [7, 11) is 0. The van der Waals surface area contributed by atoms with Crippen LogP contribution in [0, 0.1) is 5.53 Å². The van der Waals surface area contributed by atoms with Gasteiger partial charge in [0.1, 0.15) is 6.29 Å². The van der Waals surface area contributed by atoms with Gasteiger partial charge in [-0.2, -0.15) is 5.53 Å². The molecule has 0 aliphatic carbocycles. The lowest BCUT2D eigenvalue weighted by Crippen LogP contribution is -2.31. The maximum absolute atomic E-state index is 9.83. The molecule has 0 rings (SSSR count). The maximum atomic E-state index is 9.83. The van der Waals surface area contributed by atoms with Crippen LogP contribution in [-0.4, -0.2) is 23.0 Å². The van der Waals surface area contributed by atoms with Crippen LogP contribution in [0.3, 0.4) is 0 Å². The molecule has 0 atom stereocenters. The fourth-order valence-corrected chi connectivity index (χ4v) is 0.517. The highest BCUT2D eigenvalue weighted by Gasteiger charge is 2.01. The van der Waals surface area contributed by atoms with Crippen molar-refractivity contribution in [1.82, 2.24) is 5.01 Å². The first-order chi connectivity index (χ1) is 4.72. The summed E-state index contributed by atoms with van der Waals surface area (Å²) in [6.45, 7) is 0.280. The summed E-state index contributed by atoms with van der Waals surface area (Å²) in [5.41, 5.74) is 11.7. The molecule has 0 aliphatic rings. The van der Waals surface area contributed by atoms with Crippen LogP contribution < -0.4 is 5.73 Å². The fraction of sp³-hybridized carbons (Fsp3) is 0.500. The normalized spacial score (nSPS) is 8.40. The number of hydrogen-bond donors (Lipinski definition) is 2. The predicted molar refractivity (Wildman–Crippen MR) is 39.3 cm³/mol. The Hall–Kier alpha value is -1.04. The molecule has 56 valence electrons. The third kappa shape index (κ3) is 3.08. The van der Waals surface area contributed by atoms with Crippen molar-refractivity contribution >= 4 is 23.6 Å². The van der Waals surface area contributed by atoms with Crippen molar-refractivity contribution in [2.75, 3.05) is 6.54 Å². The molecular weight excluding hydrogens is 152 g/mol. The van der Waals surface area contributed by atoms with Crippen LogP contribution in [0.25, 0.3) is 0 Å². The van der Waals surface area contributed by atoms with Crippen molar-refractivity contribution in [3.8, 4) is 0 Å². The molecule has 0 aliphatic heterocycles. The Balaban J connectivity index is 3.71. The number of aldehydes is 1. The molecule has 0 heterocycles. The number of hydrogen-bond acceptors (Lipinski definition) is 4. The van der Waals surface area contributed by atoms with Gasteiger partial charge >= 0.3 is 0 Å². The zero-order valence-electron chi connectivity index (χ0n) is 5.28. The first-order valence-electron chi connectivity index (χ1n) is 2.60. The van der Waals surface area contributed by atoms with Gasteiger partial charge in [0.05, 0.1) is 6.54 Å². The molecule has 0 aromatic rings. The van der Waals surface area contributed by atoms with Crippen molar-refractivity contribution in [3.63, 3.8) is 0 Å². The molecule has 0 saturated carbocycles. The van der Waals surface area contributed by atoms with Crippen LogP contribution in [0.2, 0.25) is 0 Å². The fourth-order valence-electron chi connectivity index (χ4n) is 0.384. The maximum Gasteiger partial charge on any atom is 0.188 e. The number of carbonyl (C=O) groups excluding carboxylic acids is 1. The molecule has 10 heavy (non-hydrogen) atoms. The second kappa shape index (κ2) is 4.80. The molecule has 0 radical (unpaired) electrons. The highest BCUT2D eigenvalue weighted by molar-refractivity contribution is 7.80. The average Bonchev–Trinajstić information content (AvgIpc) is 1.89. The first-order valence-corrected chi connectivity index (χ1v) is 3.01. The minimum absolute atomic E-state index is 0.0110. The average molecular weight is 160 g/mol. The van der Waals surface area contributed by atoms with E-state index in [0.29, 0.717) is 0 Å². The lowest BCUT2D eigenvalue weighted by atomic mass is 10.5. The molecule has 0 spiro atoms. The number of nitrogens with two attached hydrogens (primary N) is 1. The van der Waals surface area contributed by atoms with Gasteiger partial charge in [-0.3, -0.25) is 0 Å². The van der Waals surface area contributed by atoms with Gasteiger partial charge in [0.15, 0.2) is 5.11 Å². The number of carbonyl (C=O) groups is 1. The third-order valence-corrected chi connectivity index (χ3v) is 1.04. The SMILES string of the molecule is N=NN(CCC=O)C(N)=S. The minimum Gasteiger partial charge on any atom is -0.375 e. The second-order valence-electron chi connectivity index (χ2n) is 1.52. The Morgan fingerprint density at radius 1 is 1.90 bits per heavy atom. The second-order valence-corrected chi connectivity index (χ2v) is 1.93. The van der Waals surface area contributed by atoms with E-state index in [-0.39, 0.29) is 18.1 Å². The monoisotopic (exact) mass is 160 g/mol. The minimum atomic E-state index is 0.0110. The lowest BCUT2D eigenvalue weighted by Gasteiger charge is -2.11. The van der Waals surface area contributed by atoms with E-state index >= 15 is 0 Å². The molecule has 0 bridgehead atoms. The van der Waals surface area contributed by atoms with E-state index in [1.54, 1.807) is 0 Å². The van der Waals surface area contributed by atoms with Crippen LogP contribution >= 0.6 is 12.2 Å². The topological polar surface area (TPSA) is 82.5 Å². The largest absolute Gasteiger partial charge is 0.375 e. The first kappa shape index (κ1) is 8.96. The zero-order valence-corrected chi connectivity index (χ0v) is 6.10. The van der Waals surface area contributed by atoms with Crippen LogP contribution in [0.5, 0.6) is 0 Å². The number of nitrogens with zero attached hydrogens (tertiary/aromatic N) is 2. The number of nitrogens with one attached hydrogen (secondary N) is 1. The number of thiocarbonyl (C=S) groups is 1. The third-order valence-electron chi connectivity index (χ3n) is 0.834. The molecule has 0 fully saturated rings. The van der Waals surface area contributed by atoms with Crippen LogP contribution in [0.4, 0.5) is 0 Å². The molecule has 6 heteroatoms. The van der Waals surface area contributed by atoms with Crippen LogP contribution in [0.1, 0.15) is 6.42 Å². The van der Waals surface area contributed by atoms with Gasteiger partial charge in [-0.25, -0.2) is 5.01 Å². The summed E-state index contributed by atoms with van der Waals surface area (Å²) >= 11 is 4.50. The van der Waals surface area contributed by atoms with Crippen molar-refractivity contribution in [2.45, 2.75) is 6.42 Å². The van der Waals surface area contributed by atoms with Gasteiger partial charge < -0.3 is 10.5 Å². The zero-order chi connectivity index (χ0) is 7.98. The summed E-state index contributed by atoms with van der Waals surface area (Å²) in [6.07, 6.45) is 0.996. The molecule has 5 nitrogen and oxygen atoms in total. The molecule has 3 N–H and O–H groups in total.